The van der Waals surface area contributed by atoms with Crippen molar-refractivity contribution in [2.24, 2.45) is 0 Å². The van der Waals surface area contributed by atoms with Crippen molar-refractivity contribution in [2.75, 3.05) is 0 Å². The van der Waals surface area contributed by atoms with Crippen molar-refractivity contribution in [3.05, 3.63) is 58.7 Å². The molecule has 0 unspecified atom stereocenters. The second kappa shape index (κ2) is 15.5. The third kappa shape index (κ3) is 8.12. The minimum Gasteiger partial charge on any atom is -0.457 e. The van der Waals surface area contributed by atoms with Gasteiger partial charge in [0.1, 0.15) is 11.5 Å². The Morgan fingerprint density at radius 2 is 1.08 bits per heavy atom. The Morgan fingerprint density at radius 1 is 0.556 bits per heavy atom. The summed E-state index contributed by atoms with van der Waals surface area (Å²) in [7, 11) is 0. The molecule has 200 valence electrons. The summed E-state index contributed by atoms with van der Waals surface area (Å²) in [4.78, 5) is 0. The average molecular weight is 491 g/mol. The Labute approximate surface area is 223 Å². The van der Waals surface area contributed by atoms with E-state index in [1.165, 1.54) is 127 Å². The van der Waals surface area contributed by atoms with E-state index in [0.717, 1.165) is 11.5 Å². The molecular weight excluding hydrogens is 436 g/mol. The molecule has 1 nitrogen and oxygen atoms in total. The number of ether oxygens (including phenoxy) is 1. The first kappa shape index (κ1) is 28.8. The molecule has 0 fully saturated rings. The average Bonchev–Trinajstić information content (AvgIpc) is 2.88. The molecule has 0 amide bonds. The zero-order chi connectivity index (χ0) is 25.6. The number of hydrogen-bond donors (Lipinski definition) is 0. The highest BCUT2D eigenvalue weighted by atomic mass is 16.5. The Bertz CT molecular complexity index is 893. The normalized spacial score (nSPS) is 13.8. The first-order valence-electron chi connectivity index (χ1n) is 15.5. The van der Waals surface area contributed by atoms with Crippen LogP contribution < -0.4 is 4.74 Å². The van der Waals surface area contributed by atoms with Gasteiger partial charge in [0.2, 0.25) is 0 Å². The second-order valence-electron chi connectivity index (χ2n) is 11.7. The van der Waals surface area contributed by atoms with Gasteiger partial charge in [0, 0.05) is 16.5 Å². The molecule has 1 aliphatic heterocycles. The lowest BCUT2D eigenvalue weighted by Gasteiger charge is -2.37. The largest absolute Gasteiger partial charge is 0.457 e. The Hall–Kier alpha value is -1.76. The van der Waals surface area contributed by atoms with Gasteiger partial charge in [-0.05, 0) is 48.9 Å². The maximum atomic E-state index is 6.48. The molecule has 3 rings (SSSR count). The standard InChI is InChI=1S/C35H54O/c1-5-7-9-11-13-15-17-19-23-29-27-28-33-34(30(29)24-20-18-16-14-12-10-8-6-2)35(3,4)31-25-21-22-26-32(31)36-33/h21-22,25-28H,5-20,23-24H2,1-4H3. The molecule has 36 heavy (non-hydrogen) atoms. The Kier molecular flexibility index (Phi) is 12.4. The molecule has 1 heterocycles. The Balaban J connectivity index is 1.66. The monoisotopic (exact) mass is 490 g/mol. The van der Waals surface area contributed by atoms with Gasteiger partial charge in [-0.2, -0.15) is 0 Å². The van der Waals surface area contributed by atoms with E-state index < -0.39 is 0 Å². The van der Waals surface area contributed by atoms with Crippen LogP contribution in [0, 0.1) is 0 Å². The fraction of sp³-hybridized carbons (Fsp3) is 0.657. The summed E-state index contributed by atoms with van der Waals surface area (Å²) in [6.45, 7) is 9.42. The molecule has 0 aliphatic carbocycles. The number of unbranched alkanes of at least 4 members (excludes halogenated alkanes) is 14. The zero-order valence-corrected chi connectivity index (χ0v) is 24.1. The number of hydrogen-bond acceptors (Lipinski definition) is 1. The second-order valence-corrected chi connectivity index (χ2v) is 11.7. The first-order chi connectivity index (χ1) is 17.6. The number of rotatable bonds is 18. The van der Waals surface area contributed by atoms with E-state index >= 15 is 0 Å². The third-order valence-corrected chi connectivity index (χ3v) is 8.36. The van der Waals surface area contributed by atoms with Crippen molar-refractivity contribution < 1.29 is 4.74 Å². The van der Waals surface area contributed by atoms with Gasteiger partial charge >= 0.3 is 0 Å². The first-order valence-corrected chi connectivity index (χ1v) is 15.5. The summed E-state index contributed by atoms with van der Waals surface area (Å²) < 4.78 is 6.48. The van der Waals surface area contributed by atoms with Crippen molar-refractivity contribution in [1.29, 1.82) is 0 Å². The molecular formula is C35H54O. The number of fused-ring (bicyclic) bond motifs is 2. The van der Waals surface area contributed by atoms with Crippen LogP contribution in [0.5, 0.6) is 11.5 Å². The predicted octanol–water partition coefficient (Wildman–Crippen LogP) is 11.5. The molecule has 0 spiro atoms. The van der Waals surface area contributed by atoms with E-state index in [4.69, 9.17) is 4.74 Å². The molecule has 1 heteroatoms. The van der Waals surface area contributed by atoms with Crippen molar-refractivity contribution in [3.63, 3.8) is 0 Å². The van der Waals surface area contributed by atoms with E-state index in [0.29, 0.717) is 0 Å². The summed E-state index contributed by atoms with van der Waals surface area (Å²) in [6.07, 6.45) is 24.5. The smallest absolute Gasteiger partial charge is 0.131 e. The van der Waals surface area contributed by atoms with Crippen LogP contribution in [0.1, 0.15) is 153 Å². The fourth-order valence-electron chi connectivity index (χ4n) is 6.17. The van der Waals surface area contributed by atoms with Crippen LogP contribution >= 0.6 is 0 Å². The predicted molar refractivity (Wildman–Crippen MR) is 158 cm³/mol. The van der Waals surface area contributed by atoms with Gasteiger partial charge in [0.25, 0.3) is 0 Å². The minimum absolute atomic E-state index is 0.0189. The maximum absolute atomic E-state index is 6.48. The van der Waals surface area contributed by atoms with Gasteiger partial charge in [0.05, 0.1) is 0 Å². The quantitative estimate of drug-likeness (QED) is 0.189. The van der Waals surface area contributed by atoms with E-state index in [2.05, 4.69) is 64.1 Å². The maximum Gasteiger partial charge on any atom is 0.131 e. The van der Waals surface area contributed by atoms with Gasteiger partial charge < -0.3 is 4.74 Å². The minimum atomic E-state index is -0.0189. The van der Waals surface area contributed by atoms with E-state index in [9.17, 15) is 0 Å². The van der Waals surface area contributed by atoms with Crippen molar-refractivity contribution in [3.8, 4) is 11.5 Å². The molecule has 0 atom stereocenters. The molecule has 2 aromatic carbocycles. The number of aryl methyl sites for hydroxylation is 1. The van der Waals surface area contributed by atoms with Crippen LogP contribution in [0.2, 0.25) is 0 Å². The SMILES string of the molecule is CCCCCCCCCCc1ccc2c(c1CCCCCCCCCC)C(C)(C)c1ccccc1O2. The molecule has 1 aliphatic rings. The lowest BCUT2D eigenvalue weighted by molar-refractivity contribution is 0.414. The third-order valence-electron chi connectivity index (χ3n) is 8.36. The topological polar surface area (TPSA) is 9.23 Å². The van der Waals surface area contributed by atoms with Gasteiger partial charge in [0.15, 0.2) is 0 Å². The van der Waals surface area contributed by atoms with Crippen LogP contribution in [0.4, 0.5) is 0 Å². The molecule has 2 aromatic rings. The molecule has 0 N–H and O–H groups in total. The van der Waals surface area contributed by atoms with E-state index in [1.54, 1.807) is 11.1 Å². The molecule has 0 saturated carbocycles. The van der Waals surface area contributed by atoms with Gasteiger partial charge in [-0.1, -0.05) is 142 Å². The summed E-state index contributed by atoms with van der Waals surface area (Å²) in [5, 5.41) is 0. The number of benzene rings is 2. The Morgan fingerprint density at radius 3 is 1.69 bits per heavy atom. The van der Waals surface area contributed by atoms with Crippen molar-refractivity contribution >= 4 is 0 Å². The van der Waals surface area contributed by atoms with Gasteiger partial charge in [-0.25, -0.2) is 0 Å². The summed E-state index contributed by atoms with van der Waals surface area (Å²) >= 11 is 0. The lowest BCUT2D eigenvalue weighted by Crippen LogP contribution is -2.26. The summed E-state index contributed by atoms with van der Waals surface area (Å²) in [5.74, 6) is 2.12. The fourth-order valence-corrected chi connectivity index (χ4v) is 6.17. The highest BCUT2D eigenvalue weighted by Crippen LogP contribution is 2.50. The van der Waals surface area contributed by atoms with E-state index in [-0.39, 0.29) is 5.41 Å². The highest BCUT2D eigenvalue weighted by molar-refractivity contribution is 5.60. The van der Waals surface area contributed by atoms with Crippen LogP contribution in [0.15, 0.2) is 36.4 Å². The lowest BCUT2D eigenvalue weighted by atomic mass is 9.72. The molecule has 0 radical (unpaired) electrons. The van der Waals surface area contributed by atoms with Crippen LogP contribution in [0.3, 0.4) is 0 Å². The molecule has 0 saturated heterocycles. The zero-order valence-electron chi connectivity index (χ0n) is 24.1. The van der Waals surface area contributed by atoms with Gasteiger partial charge in [-0.3, -0.25) is 0 Å². The molecule has 0 aromatic heterocycles. The van der Waals surface area contributed by atoms with Crippen LogP contribution in [-0.2, 0) is 18.3 Å². The number of para-hydroxylation sites is 1. The van der Waals surface area contributed by atoms with Crippen molar-refractivity contribution in [2.45, 2.75) is 149 Å². The van der Waals surface area contributed by atoms with Gasteiger partial charge in [-0.15, -0.1) is 0 Å². The van der Waals surface area contributed by atoms with Crippen LogP contribution in [-0.4, -0.2) is 0 Å². The molecule has 0 bridgehead atoms. The van der Waals surface area contributed by atoms with Crippen molar-refractivity contribution in [1.82, 2.24) is 0 Å². The summed E-state index contributed by atoms with van der Waals surface area (Å²) in [6, 6.07) is 13.3. The summed E-state index contributed by atoms with van der Waals surface area (Å²) in [5.41, 5.74) is 5.95. The van der Waals surface area contributed by atoms with E-state index in [1.807, 2.05) is 0 Å². The highest BCUT2D eigenvalue weighted by Gasteiger charge is 2.36. The van der Waals surface area contributed by atoms with Crippen LogP contribution in [0.25, 0.3) is 0 Å².